The first kappa shape index (κ1) is 16.3. The Labute approximate surface area is 120 Å². The normalized spacial score (nSPS) is 11.8. The number of hydrogen-bond acceptors (Lipinski definition) is 4. The molecule has 0 spiro atoms. The fourth-order valence-electron chi connectivity index (χ4n) is 1.94. The quantitative estimate of drug-likeness (QED) is 0.767. The van der Waals surface area contributed by atoms with Crippen LogP contribution in [-0.2, 0) is 4.79 Å². The minimum atomic E-state index is -0.0930. The van der Waals surface area contributed by atoms with Crippen LogP contribution in [0.25, 0.3) is 0 Å². The van der Waals surface area contributed by atoms with Crippen LogP contribution in [0.3, 0.4) is 0 Å². The Hall–Kier alpha value is -1.75. The van der Waals surface area contributed by atoms with Crippen molar-refractivity contribution >= 4 is 11.6 Å². The molecule has 20 heavy (non-hydrogen) atoms. The molecule has 1 aromatic carbocycles. The third-order valence-electron chi connectivity index (χ3n) is 2.85. The number of benzene rings is 1. The van der Waals surface area contributed by atoms with Crippen molar-refractivity contribution in [2.75, 3.05) is 19.0 Å². The maximum absolute atomic E-state index is 11.8. The first-order valence-corrected chi connectivity index (χ1v) is 6.96. The molecule has 0 aliphatic rings. The van der Waals surface area contributed by atoms with Gasteiger partial charge in [0.05, 0.1) is 13.7 Å². The second-order valence-corrected chi connectivity index (χ2v) is 4.60. The molecule has 1 aromatic rings. The Morgan fingerprint density at radius 1 is 1.35 bits per heavy atom. The molecule has 3 N–H and O–H groups in total. The number of methoxy groups -OCH3 is 1. The molecule has 0 saturated heterocycles. The number of carbonyl (C=O) groups excluding carboxylic acids is 1. The Morgan fingerprint density at radius 2 is 2.10 bits per heavy atom. The van der Waals surface area contributed by atoms with Crippen LogP contribution in [0.1, 0.15) is 33.1 Å². The summed E-state index contributed by atoms with van der Waals surface area (Å²) < 4.78 is 10.7. The minimum absolute atomic E-state index is 0.0860. The molecule has 0 heterocycles. The van der Waals surface area contributed by atoms with Crippen LogP contribution in [0.5, 0.6) is 11.5 Å². The van der Waals surface area contributed by atoms with Gasteiger partial charge in [-0.05, 0) is 25.5 Å². The lowest BCUT2D eigenvalue weighted by atomic mass is 10.1. The predicted molar refractivity (Wildman–Crippen MR) is 80.3 cm³/mol. The molecule has 5 heteroatoms. The van der Waals surface area contributed by atoms with E-state index in [1.165, 1.54) is 0 Å². The Kier molecular flexibility index (Phi) is 6.87. The fourth-order valence-corrected chi connectivity index (χ4v) is 1.94. The smallest absolute Gasteiger partial charge is 0.225 e. The molecule has 1 rings (SSSR count). The first-order chi connectivity index (χ1) is 9.60. The maximum Gasteiger partial charge on any atom is 0.225 e. The summed E-state index contributed by atoms with van der Waals surface area (Å²) in [7, 11) is 1.57. The number of amides is 1. The largest absolute Gasteiger partial charge is 0.493 e. The van der Waals surface area contributed by atoms with Gasteiger partial charge in [-0.1, -0.05) is 13.3 Å². The van der Waals surface area contributed by atoms with Crippen molar-refractivity contribution in [1.82, 2.24) is 0 Å². The second kappa shape index (κ2) is 8.43. The number of anilines is 1. The molecule has 0 aromatic heterocycles. The number of hydrogen-bond donors (Lipinski definition) is 2. The summed E-state index contributed by atoms with van der Waals surface area (Å²) in [6.45, 7) is 4.52. The lowest BCUT2D eigenvalue weighted by Gasteiger charge is -2.13. The Balaban J connectivity index is 2.65. The van der Waals surface area contributed by atoms with Crippen molar-refractivity contribution in [1.29, 1.82) is 0 Å². The molecule has 112 valence electrons. The van der Waals surface area contributed by atoms with Crippen LogP contribution in [0.4, 0.5) is 5.69 Å². The first-order valence-electron chi connectivity index (χ1n) is 6.96. The summed E-state index contributed by atoms with van der Waals surface area (Å²) >= 11 is 0. The van der Waals surface area contributed by atoms with E-state index >= 15 is 0 Å². The number of carbonyl (C=O) groups is 1. The molecular formula is C15H24N2O3. The molecule has 0 radical (unpaired) electrons. The van der Waals surface area contributed by atoms with E-state index in [-0.39, 0.29) is 11.9 Å². The summed E-state index contributed by atoms with van der Waals surface area (Å²) in [6.07, 6.45) is 2.15. The van der Waals surface area contributed by atoms with Crippen LogP contribution in [0, 0.1) is 0 Å². The number of nitrogens with one attached hydrogen (secondary N) is 1. The molecule has 0 fully saturated rings. The number of rotatable bonds is 8. The maximum atomic E-state index is 11.8. The minimum Gasteiger partial charge on any atom is -0.493 e. The molecule has 1 unspecified atom stereocenters. The molecule has 1 atom stereocenters. The van der Waals surface area contributed by atoms with Gasteiger partial charge in [0.15, 0.2) is 11.5 Å². The van der Waals surface area contributed by atoms with E-state index in [4.69, 9.17) is 15.2 Å². The van der Waals surface area contributed by atoms with Crippen LogP contribution >= 0.6 is 0 Å². The van der Waals surface area contributed by atoms with E-state index in [1.807, 2.05) is 6.92 Å². The highest BCUT2D eigenvalue weighted by atomic mass is 16.5. The van der Waals surface area contributed by atoms with Crippen molar-refractivity contribution < 1.29 is 14.3 Å². The van der Waals surface area contributed by atoms with E-state index in [9.17, 15) is 4.79 Å². The molecular weight excluding hydrogens is 256 g/mol. The molecule has 0 bridgehead atoms. The van der Waals surface area contributed by atoms with Crippen LogP contribution in [-0.4, -0.2) is 25.7 Å². The van der Waals surface area contributed by atoms with Crippen molar-refractivity contribution in [2.24, 2.45) is 5.73 Å². The van der Waals surface area contributed by atoms with Crippen LogP contribution in [0.15, 0.2) is 18.2 Å². The summed E-state index contributed by atoms with van der Waals surface area (Å²) in [6, 6.07) is 5.22. The number of ether oxygens (including phenoxy) is 2. The highest BCUT2D eigenvalue weighted by Gasteiger charge is 2.11. The van der Waals surface area contributed by atoms with Crippen molar-refractivity contribution in [3.05, 3.63) is 18.2 Å². The Bertz CT molecular complexity index is 435. The van der Waals surface area contributed by atoms with Crippen molar-refractivity contribution in [2.45, 2.75) is 39.2 Å². The second-order valence-electron chi connectivity index (χ2n) is 4.60. The molecule has 0 aliphatic carbocycles. The number of nitrogens with two attached hydrogens (primary N) is 1. The molecule has 1 amide bonds. The molecule has 0 aliphatic heterocycles. The SMILES string of the molecule is CCCC(N)CC(=O)Nc1ccc(OCC)c(OC)c1. The average Bonchev–Trinajstić information content (AvgIpc) is 2.40. The summed E-state index contributed by atoms with van der Waals surface area (Å²) in [5.41, 5.74) is 6.53. The molecule has 5 nitrogen and oxygen atoms in total. The van der Waals surface area contributed by atoms with Crippen molar-refractivity contribution in [3.8, 4) is 11.5 Å². The zero-order valence-electron chi connectivity index (χ0n) is 12.4. The molecule has 0 saturated carbocycles. The summed E-state index contributed by atoms with van der Waals surface area (Å²) in [5.74, 6) is 1.18. The Morgan fingerprint density at radius 3 is 2.70 bits per heavy atom. The van der Waals surface area contributed by atoms with E-state index in [0.29, 0.717) is 30.2 Å². The summed E-state index contributed by atoms with van der Waals surface area (Å²) in [5, 5.41) is 2.82. The van der Waals surface area contributed by atoms with E-state index in [2.05, 4.69) is 12.2 Å². The van der Waals surface area contributed by atoms with Gasteiger partial charge >= 0.3 is 0 Å². The average molecular weight is 280 g/mol. The highest BCUT2D eigenvalue weighted by molar-refractivity contribution is 5.91. The summed E-state index contributed by atoms with van der Waals surface area (Å²) in [4.78, 5) is 11.8. The van der Waals surface area contributed by atoms with Crippen molar-refractivity contribution in [3.63, 3.8) is 0 Å². The van der Waals surface area contributed by atoms with Gasteiger partial charge in [-0.3, -0.25) is 4.79 Å². The topological polar surface area (TPSA) is 73.6 Å². The highest BCUT2D eigenvalue weighted by Crippen LogP contribution is 2.30. The van der Waals surface area contributed by atoms with Gasteiger partial charge in [0.1, 0.15) is 0 Å². The van der Waals surface area contributed by atoms with Crippen LogP contribution < -0.4 is 20.5 Å². The van der Waals surface area contributed by atoms with Gasteiger partial charge in [-0.15, -0.1) is 0 Å². The van der Waals surface area contributed by atoms with Gasteiger partial charge in [0, 0.05) is 24.2 Å². The predicted octanol–water partition coefficient (Wildman–Crippen LogP) is 2.55. The van der Waals surface area contributed by atoms with Crippen LogP contribution in [0.2, 0.25) is 0 Å². The van der Waals surface area contributed by atoms with E-state index < -0.39 is 0 Å². The zero-order valence-corrected chi connectivity index (χ0v) is 12.4. The monoisotopic (exact) mass is 280 g/mol. The fraction of sp³-hybridized carbons (Fsp3) is 0.533. The third-order valence-corrected chi connectivity index (χ3v) is 2.85. The van der Waals surface area contributed by atoms with Gasteiger partial charge in [-0.25, -0.2) is 0 Å². The van der Waals surface area contributed by atoms with E-state index in [1.54, 1.807) is 25.3 Å². The lowest BCUT2D eigenvalue weighted by Crippen LogP contribution is -2.26. The van der Waals surface area contributed by atoms with Gasteiger partial charge in [0.2, 0.25) is 5.91 Å². The van der Waals surface area contributed by atoms with Gasteiger partial charge in [-0.2, -0.15) is 0 Å². The van der Waals surface area contributed by atoms with Gasteiger partial charge in [0.25, 0.3) is 0 Å². The standard InChI is InChI=1S/C15H24N2O3/c1-4-6-11(16)9-15(18)17-12-7-8-13(20-5-2)14(10-12)19-3/h7-8,10-11H,4-6,9,16H2,1-3H3,(H,17,18). The zero-order chi connectivity index (χ0) is 15.0. The van der Waals surface area contributed by atoms with E-state index in [0.717, 1.165) is 12.8 Å². The van der Waals surface area contributed by atoms with Gasteiger partial charge < -0.3 is 20.5 Å². The third kappa shape index (κ3) is 5.09. The lowest BCUT2D eigenvalue weighted by molar-refractivity contribution is -0.116.